The second-order valence-corrected chi connectivity index (χ2v) is 6.33. The van der Waals surface area contributed by atoms with Gasteiger partial charge in [0, 0.05) is 10.9 Å². The van der Waals surface area contributed by atoms with E-state index in [1.54, 1.807) is 6.92 Å². The second kappa shape index (κ2) is 7.92. The molecule has 0 fully saturated rings. The van der Waals surface area contributed by atoms with Crippen molar-refractivity contribution >= 4 is 16.7 Å². The molecule has 0 saturated heterocycles. The van der Waals surface area contributed by atoms with Crippen LogP contribution in [0.3, 0.4) is 0 Å². The largest absolute Gasteiger partial charge is 0.480 e. The number of nitrogens with zero attached hydrogens (tertiary/aromatic N) is 2. The number of carbonyl (C=O) groups excluding carboxylic acids is 1. The van der Waals surface area contributed by atoms with E-state index in [0.29, 0.717) is 17.5 Å². The SMILES string of the molecule is C[C@@H](Oc1cccc2ccccc12)C(=O)NCc1nc(-c2ccccc2)no1. The number of aromatic nitrogens is 2. The van der Waals surface area contributed by atoms with Crippen LogP contribution in [0.1, 0.15) is 12.8 Å². The minimum Gasteiger partial charge on any atom is -0.480 e. The summed E-state index contributed by atoms with van der Waals surface area (Å²) in [6, 6.07) is 23.2. The van der Waals surface area contributed by atoms with Crippen LogP contribution in [0.15, 0.2) is 77.3 Å². The van der Waals surface area contributed by atoms with E-state index in [1.807, 2.05) is 72.8 Å². The van der Waals surface area contributed by atoms with Crippen molar-refractivity contribution in [1.29, 1.82) is 0 Å². The molecule has 140 valence electrons. The number of benzene rings is 3. The number of amides is 1. The van der Waals surface area contributed by atoms with E-state index in [4.69, 9.17) is 9.26 Å². The van der Waals surface area contributed by atoms with Crippen molar-refractivity contribution in [3.63, 3.8) is 0 Å². The fraction of sp³-hybridized carbons (Fsp3) is 0.136. The highest BCUT2D eigenvalue weighted by atomic mass is 16.5. The second-order valence-electron chi connectivity index (χ2n) is 6.33. The summed E-state index contributed by atoms with van der Waals surface area (Å²) in [5, 5.41) is 8.74. The summed E-state index contributed by atoms with van der Waals surface area (Å²) < 4.78 is 11.1. The zero-order valence-corrected chi connectivity index (χ0v) is 15.3. The van der Waals surface area contributed by atoms with Crippen LogP contribution in [-0.2, 0) is 11.3 Å². The lowest BCUT2D eigenvalue weighted by Crippen LogP contribution is -2.36. The van der Waals surface area contributed by atoms with Gasteiger partial charge in [-0.05, 0) is 18.4 Å². The first-order valence-electron chi connectivity index (χ1n) is 9.01. The third-order valence-corrected chi connectivity index (χ3v) is 4.34. The Labute approximate surface area is 162 Å². The van der Waals surface area contributed by atoms with Crippen molar-refractivity contribution in [2.75, 3.05) is 0 Å². The first kappa shape index (κ1) is 17.7. The number of rotatable bonds is 6. The minimum atomic E-state index is -0.665. The number of hydrogen-bond donors (Lipinski definition) is 1. The molecule has 1 N–H and O–H groups in total. The maximum atomic E-state index is 12.4. The Hall–Kier alpha value is -3.67. The number of fused-ring (bicyclic) bond motifs is 1. The molecule has 0 aliphatic rings. The third-order valence-electron chi connectivity index (χ3n) is 4.34. The Morgan fingerprint density at radius 3 is 2.64 bits per heavy atom. The standard InChI is InChI=1S/C22H19N3O3/c1-15(27-19-13-7-11-16-8-5-6-12-18(16)19)22(26)23-14-20-24-21(25-28-20)17-9-3-2-4-10-17/h2-13,15H,14H2,1H3,(H,23,26)/t15-/m1/s1. The molecule has 0 saturated carbocycles. The fourth-order valence-corrected chi connectivity index (χ4v) is 2.88. The highest BCUT2D eigenvalue weighted by Gasteiger charge is 2.17. The Morgan fingerprint density at radius 2 is 1.79 bits per heavy atom. The van der Waals surface area contributed by atoms with E-state index in [2.05, 4.69) is 15.5 Å². The summed E-state index contributed by atoms with van der Waals surface area (Å²) in [5.41, 5.74) is 0.858. The lowest BCUT2D eigenvalue weighted by atomic mass is 10.1. The normalized spacial score (nSPS) is 11.9. The van der Waals surface area contributed by atoms with E-state index in [-0.39, 0.29) is 12.5 Å². The van der Waals surface area contributed by atoms with Crippen LogP contribution in [0.25, 0.3) is 22.2 Å². The molecule has 1 amide bonds. The smallest absolute Gasteiger partial charge is 0.261 e. The van der Waals surface area contributed by atoms with E-state index in [9.17, 15) is 4.79 Å². The minimum absolute atomic E-state index is 0.141. The molecule has 0 unspecified atom stereocenters. The van der Waals surface area contributed by atoms with Gasteiger partial charge in [0.1, 0.15) is 5.75 Å². The lowest BCUT2D eigenvalue weighted by molar-refractivity contribution is -0.127. The van der Waals surface area contributed by atoms with Gasteiger partial charge < -0.3 is 14.6 Å². The van der Waals surface area contributed by atoms with E-state index in [1.165, 1.54) is 0 Å². The number of nitrogens with one attached hydrogen (secondary N) is 1. The van der Waals surface area contributed by atoms with Crippen LogP contribution in [0.5, 0.6) is 5.75 Å². The summed E-state index contributed by atoms with van der Waals surface area (Å²) in [7, 11) is 0. The molecule has 0 spiro atoms. The van der Waals surface area contributed by atoms with Crippen LogP contribution in [-0.4, -0.2) is 22.2 Å². The van der Waals surface area contributed by atoms with Gasteiger partial charge in [-0.1, -0.05) is 71.9 Å². The van der Waals surface area contributed by atoms with Crippen molar-refractivity contribution in [3.05, 3.63) is 78.7 Å². The Bertz CT molecular complexity index is 1090. The summed E-state index contributed by atoms with van der Waals surface area (Å²) >= 11 is 0. The maximum absolute atomic E-state index is 12.4. The summed E-state index contributed by atoms with van der Waals surface area (Å²) in [4.78, 5) is 16.7. The summed E-state index contributed by atoms with van der Waals surface area (Å²) in [6.45, 7) is 1.85. The highest BCUT2D eigenvalue weighted by Crippen LogP contribution is 2.26. The van der Waals surface area contributed by atoms with Gasteiger partial charge in [-0.25, -0.2) is 0 Å². The average Bonchev–Trinajstić information content (AvgIpc) is 3.22. The van der Waals surface area contributed by atoms with Crippen molar-refractivity contribution in [2.24, 2.45) is 0 Å². The van der Waals surface area contributed by atoms with E-state index in [0.717, 1.165) is 16.3 Å². The molecule has 6 heteroatoms. The van der Waals surface area contributed by atoms with E-state index < -0.39 is 6.10 Å². The summed E-state index contributed by atoms with van der Waals surface area (Å²) in [6.07, 6.45) is -0.665. The van der Waals surface area contributed by atoms with Gasteiger partial charge in [0.05, 0.1) is 6.54 Å². The molecule has 4 aromatic rings. The molecular weight excluding hydrogens is 354 g/mol. The van der Waals surface area contributed by atoms with Crippen molar-refractivity contribution < 1.29 is 14.1 Å². The molecule has 0 aliphatic carbocycles. The predicted octanol–water partition coefficient (Wildman–Crippen LogP) is 3.97. The molecule has 3 aromatic carbocycles. The van der Waals surface area contributed by atoms with Crippen molar-refractivity contribution in [1.82, 2.24) is 15.5 Å². The van der Waals surface area contributed by atoms with Gasteiger partial charge in [-0.15, -0.1) is 0 Å². The molecule has 1 heterocycles. The Morgan fingerprint density at radius 1 is 1.04 bits per heavy atom. The number of hydrogen-bond acceptors (Lipinski definition) is 5. The van der Waals surface area contributed by atoms with Crippen LogP contribution in [0, 0.1) is 0 Å². The quantitative estimate of drug-likeness (QED) is 0.553. The van der Waals surface area contributed by atoms with Gasteiger partial charge in [-0.3, -0.25) is 4.79 Å². The Kier molecular flexibility index (Phi) is 5.01. The molecule has 1 atom stereocenters. The zero-order valence-electron chi connectivity index (χ0n) is 15.3. The van der Waals surface area contributed by atoms with Gasteiger partial charge in [-0.2, -0.15) is 4.98 Å². The van der Waals surface area contributed by atoms with Crippen LogP contribution in [0.2, 0.25) is 0 Å². The molecule has 6 nitrogen and oxygen atoms in total. The van der Waals surface area contributed by atoms with Crippen molar-refractivity contribution in [3.8, 4) is 17.1 Å². The van der Waals surface area contributed by atoms with Gasteiger partial charge in [0.15, 0.2) is 6.10 Å². The lowest BCUT2D eigenvalue weighted by Gasteiger charge is -2.15. The molecule has 0 bridgehead atoms. The molecule has 28 heavy (non-hydrogen) atoms. The number of ether oxygens (including phenoxy) is 1. The van der Waals surface area contributed by atoms with Crippen LogP contribution >= 0.6 is 0 Å². The fourth-order valence-electron chi connectivity index (χ4n) is 2.88. The Balaban J connectivity index is 1.38. The average molecular weight is 373 g/mol. The van der Waals surface area contributed by atoms with Crippen molar-refractivity contribution in [2.45, 2.75) is 19.6 Å². The molecule has 1 aromatic heterocycles. The zero-order chi connectivity index (χ0) is 19.3. The van der Waals surface area contributed by atoms with Crippen LogP contribution < -0.4 is 10.1 Å². The highest BCUT2D eigenvalue weighted by molar-refractivity contribution is 5.89. The van der Waals surface area contributed by atoms with Gasteiger partial charge in [0.25, 0.3) is 5.91 Å². The molecular formula is C22H19N3O3. The molecule has 0 radical (unpaired) electrons. The van der Waals surface area contributed by atoms with Gasteiger partial charge in [0.2, 0.25) is 11.7 Å². The van der Waals surface area contributed by atoms with E-state index >= 15 is 0 Å². The topological polar surface area (TPSA) is 77.2 Å². The third kappa shape index (κ3) is 3.86. The predicted molar refractivity (Wildman–Crippen MR) is 106 cm³/mol. The molecule has 4 rings (SSSR count). The monoisotopic (exact) mass is 373 g/mol. The number of carbonyl (C=O) groups is 1. The first-order chi connectivity index (χ1) is 13.7. The first-order valence-corrected chi connectivity index (χ1v) is 9.01. The maximum Gasteiger partial charge on any atom is 0.261 e. The van der Waals surface area contributed by atoms with Crippen LogP contribution in [0.4, 0.5) is 0 Å². The summed E-state index contributed by atoms with van der Waals surface area (Å²) in [5.74, 6) is 1.24. The van der Waals surface area contributed by atoms with Gasteiger partial charge >= 0.3 is 0 Å². The molecule has 0 aliphatic heterocycles.